The van der Waals surface area contributed by atoms with Gasteiger partial charge in [-0.3, -0.25) is 10.1 Å². The van der Waals surface area contributed by atoms with Crippen molar-refractivity contribution in [3.63, 3.8) is 0 Å². The molecule has 2 aromatic heterocycles. The third-order valence-corrected chi connectivity index (χ3v) is 4.27. The van der Waals surface area contributed by atoms with Gasteiger partial charge in [0, 0.05) is 11.6 Å². The van der Waals surface area contributed by atoms with Gasteiger partial charge in [-0.2, -0.15) is 0 Å². The Morgan fingerprint density at radius 2 is 1.89 bits per heavy atom. The zero-order chi connectivity index (χ0) is 19.5. The number of aryl methyl sites for hydroxylation is 2. The topological polar surface area (TPSA) is 85.8 Å². The quantitative estimate of drug-likeness (QED) is 0.574. The molecule has 7 heteroatoms. The van der Waals surface area contributed by atoms with Crippen LogP contribution in [0.25, 0.3) is 11.3 Å². The van der Waals surface area contributed by atoms with Gasteiger partial charge in [0.15, 0.2) is 11.5 Å². The highest BCUT2D eigenvalue weighted by molar-refractivity contribution is 6.02. The smallest absolute Gasteiger partial charge is 0.280 e. The fraction of sp³-hybridized carbons (Fsp3) is 0.143. The average Bonchev–Trinajstić information content (AvgIpc) is 3.32. The van der Waals surface area contributed by atoms with Gasteiger partial charge >= 0.3 is 0 Å². The maximum Gasteiger partial charge on any atom is 0.280 e. The Hall–Kier alpha value is -3.74. The van der Waals surface area contributed by atoms with Gasteiger partial charge in [-0.15, -0.1) is 5.10 Å². The van der Waals surface area contributed by atoms with Crippen LogP contribution in [0.5, 0.6) is 0 Å². The van der Waals surface area contributed by atoms with Gasteiger partial charge in [-0.25, -0.2) is 9.67 Å². The molecule has 0 radical (unpaired) electrons. The third-order valence-electron chi connectivity index (χ3n) is 4.27. The van der Waals surface area contributed by atoms with Crippen molar-refractivity contribution in [1.82, 2.24) is 19.9 Å². The minimum absolute atomic E-state index is 0.172. The second-order valence-corrected chi connectivity index (χ2v) is 6.65. The number of carbonyl (C=O) groups excluding carboxylic acids is 1. The zero-order valence-corrected chi connectivity index (χ0v) is 15.6. The number of benzene rings is 2. The minimum Gasteiger partial charge on any atom is -0.355 e. The van der Waals surface area contributed by atoms with E-state index in [4.69, 9.17) is 4.52 Å². The first-order valence-electron chi connectivity index (χ1n) is 8.87. The molecule has 0 unspecified atom stereocenters. The fourth-order valence-corrected chi connectivity index (χ4v) is 2.83. The first-order valence-corrected chi connectivity index (χ1v) is 8.87. The molecule has 140 valence electrons. The number of amides is 1. The van der Waals surface area contributed by atoms with Crippen molar-refractivity contribution >= 4 is 11.9 Å². The molecular weight excluding hydrogens is 354 g/mol. The molecule has 0 saturated carbocycles. The number of carbonyl (C=O) groups is 1. The number of hydrogen-bond acceptors (Lipinski definition) is 5. The predicted molar refractivity (Wildman–Crippen MR) is 105 cm³/mol. The van der Waals surface area contributed by atoms with Gasteiger partial charge < -0.3 is 4.52 Å². The molecule has 0 aliphatic carbocycles. The lowest BCUT2D eigenvalue weighted by Gasteiger charge is -2.02. The summed E-state index contributed by atoms with van der Waals surface area (Å²) < 4.78 is 6.96. The summed E-state index contributed by atoms with van der Waals surface area (Å²) in [6, 6.07) is 17.5. The van der Waals surface area contributed by atoms with Crippen LogP contribution in [0.15, 0.2) is 65.4 Å². The number of rotatable bonds is 5. The Morgan fingerprint density at radius 3 is 2.68 bits per heavy atom. The van der Waals surface area contributed by atoms with E-state index in [1.54, 1.807) is 17.1 Å². The second kappa shape index (κ2) is 7.48. The molecule has 2 aromatic carbocycles. The molecular formula is C21H19N5O2. The SMILES string of the molecule is Cc1ccc(-c2cc(C(=O)Nc3ncn(Cc4cccc(C)c4)n3)no2)cc1. The molecule has 2 heterocycles. The lowest BCUT2D eigenvalue weighted by molar-refractivity contribution is 0.101. The van der Waals surface area contributed by atoms with Gasteiger partial charge in [-0.1, -0.05) is 64.8 Å². The first kappa shape index (κ1) is 17.7. The zero-order valence-electron chi connectivity index (χ0n) is 15.6. The monoisotopic (exact) mass is 373 g/mol. The third kappa shape index (κ3) is 3.98. The normalized spacial score (nSPS) is 10.8. The van der Waals surface area contributed by atoms with Crippen LogP contribution >= 0.6 is 0 Å². The van der Waals surface area contributed by atoms with E-state index in [0.717, 1.165) is 16.7 Å². The molecule has 0 aliphatic rings. The number of nitrogens with one attached hydrogen (secondary N) is 1. The van der Waals surface area contributed by atoms with E-state index in [1.807, 2.05) is 56.3 Å². The van der Waals surface area contributed by atoms with E-state index < -0.39 is 5.91 Å². The second-order valence-electron chi connectivity index (χ2n) is 6.65. The highest BCUT2D eigenvalue weighted by atomic mass is 16.5. The van der Waals surface area contributed by atoms with Crippen LogP contribution in [0, 0.1) is 13.8 Å². The van der Waals surface area contributed by atoms with Gasteiger partial charge in [-0.05, 0) is 19.4 Å². The molecule has 4 rings (SSSR count). The first-order chi connectivity index (χ1) is 13.6. The molecule has 1 N–H and O–H groups in total. The van der Waals surface area contributed by atoms with Crippen LogP contribution in [-0.2, 0) is 6.54 Å². The Morgan fingerprint density at radius 1 is 1.07 bits per heavy atom. The maximum absolute atomic E-state index is 12.4. The van der Waals surface area contributed by atoms with Crippen LogP contribution in [0.1, 0.15) is 27.2 Å². The highest BCUT2D eigenvalue weighted by Crippen LogP contribution is 2.21. The lowest BCUT2D eigenvalue weighted by Crippen LogP contribution is -2.13. The lowest BCUT2D eigenvalue weighted by atomic mass is 10.1. The molecule has 1 amide bonds. The Bertz CT molecular complexity index is 1110. The summed E-state index contributed by atoms with van der Waals surface area (Å²) in [5.41, 5.74) is 4.47. The Kier molecular flexibility index (Phi) is 4.72. The number of hydrogen-bond donors (Lipinski definition) is 1. The number of anilines is 1. The van der Waals surface area contributed by atoms with Crippen molar-refractivity contribution in [1.29, 1.82) is 0 Å². The van der Waals surface area contributed by atoms with E-state index >= 15 is 0 Å². The molecule has 0 fully saturated rings. The van der Waals surface area contributed by atoms with E-state index in [0.29, 0.717) is 12.3 Å². The van der Waals surface area contributed by atoms with E-state index in [1.165, 1.54) is 5.56 Å². The van der Waals surface area contributed by atoms with E-state index in [9.17, 15) is 4.79 Å². The highest BCUT2D eigenvalue weighted by Gasteiger charge is 2.15. The molecule has 0 saturated heterocycles. The maximum atomic E-state index is 12.4. The van der Waals surface area contributed by atoms with Gasteiger partial charge in [0.1, 0.15) is 6.33 Å². The summed E-state index contributed by atoms with van der Waals surface area (Å²) in [7, 11) is 0. The molecule has 0 bridgehead atoms. The Labute approximate surface area is 162 Å². The standard InChI is InChI=1S/C21H19N5O2/c1-14-6-8-17(9-7-14)19-11-18(25-28-19)20(27)23-21-22-13-26(24-21)12-16-5-3-4-15(2)10-16/h3-11,13H,12H2,1-2H3,(H,23,24,27). The molecule has 0 aliphatic heterocycles. The summed E-state index contributed by atoms with van der Waals surface area (Å²) in [5.74, 6) is 0.330. The summed E-state index contributed by atoms with van der Waals surface area (Å²) in [6.07, 6.45) is 1.58. The van der Waals surface area contributed by atoms with Crippen LogP contribution in [0.4, 0.5) is 5.95 Å². The summed E-state index contributed by atoms with van der Waals surface area (Å²) in [5, 5.41) is 10.8. The minimum atomic E-state index is -0.421. The van der Waals surface area contributed by atoms with E-state index in [2.05, 4.69) is 26.6 Å². The van der Waals surface area contributed by atoms with Crippen molar-refractivity contribution in [2.75, 3.05) is 5.32 Å². The van der Waals surface area contributed by atoms with Crippen molar-refractivity contribution in [3.05, 3.63) is 83.3 Å². The van der Waals surface area contributed by atoms with Crippen LogP contribution in [0.2, 0.25) is 0 Å². The largest absolute Gasteiger partial charge is 0.355 e. The number of aromatic nitrogens is 4. The number of nitrogens with zero attached hydrogens (tertiary/aromatic N) is 4. The average molecular weight is 373 g/mol. The van der Waals surface area contributed by atoms with Crippen LogP contribution in [0.3, 0.4) is 0 Å². The van der Waals surface area contributed by atoms with E-state index in [-0.39, 0.29) is 11.6 Å². The predicted octanol–water partition coefficient (Wildman–Crippen LogP) is 3.85. The molecule has 28 heavy (non-hydrogen) atoms. The van der Waals surface area contributed by atoms with Gasteiger partial charge in [0.2, 0.25) is 5.95 Å². The van der Waals surface area contributed by atoms with Crippen molar-refractivity contribution < 1.29 is 9.32 Å². The summed E-state index contributed by atoms with van der Waals surface area (Å²) in [6.45, 7) is 4.62. The van der Waals surface area contributed by atoms with Crippen molar-refractivity contribution in [3.8, 4) is 11.3 Å². The fourth-order valence-electron chi connectivity index (χ4n) is 2.83. The Balaban J connectivity index is 1.43. The summed E-state index contributed by atoms with van der Waals surface area (Å²) in [4.78, 5) is 16.5. The molecule has 0 atom stereocenters. The van der Waals surface area contributed by atoms with Crippen molar-refractivity contribution in [2.24, 2.45) is 0 Å². The molecule has 7 nitrogen and oxygen atoms in total. The van der Waals surface area contributed by atoms with Crippen LogP contribution in [-0.4, -0.2) is 25.8 Å². The van der Waals surface area contributed by atoms with Gasteiger partial charge in [0.25, 0.3) is 5.91 Å². The van der Waals surface area contributed by atoms with Crippen molar-refractivity contribution in [2.45, 2.75) is 20.4 Å². The van der Waals surface area contributed by atoms with Gasteiger partial charge in [0.05, 0.1) is 6.54 Å². The molecule has 0 spiro atoms. The summed E-state index contributed by atoms with van der Waals surface area (Å²) >= 11 is 0. The molecule has 4 aromatic rings. The van der Waals surface area contributed by atoms with Crippen LogP contribution < -0.4 is 5.32 Å².